The Kier molecular flexibility index (Phi) is 3.54. The van der Waals surface area contributed by atoms with Crippen LogP contribution in [0, 0.1) is 0 Å². The molecule has 0 aliphatic rings. The molecule has 0 heterocycles. The maximum absolute atomic E-state index is 5.75. The Hall–Kier alpha value is 0.990. The predicted molar refractivity (Wildman–Crippen MR) is 42.0 cm³/mol. The molecule has 0 N–H and O–H groups in total. The standard InChI is InChI=1S/C4H9ClS2/c1-4(5,2-6)3-7/h6-7H,2-3H2,1H3. The van der Waals surface area contributed by atoms with E-state index in [1.807, 2.05) is 6.92 Å². The van der Waals surface area contributed by atoms with Gasteiger partial charge in [-0.3, -0.25) is 0 Å². The second kappa shape index (κ2) is 3.10. The van der Waals surface area contributed by atoms with Gasteiger partial charge in [0.1, 0.15) is 0 Å². The molecule has 0 spiro atoms. The van der Waals surface area contributed by atoms with Crippen molar-refractivity contribution >= 4 is 36.9 Å². The second-order valence-corrected chi connectivity index (χ2v) is 3.27. The van der Waals surface area contributed by atoms with Gasteiger partial charge in [0.25, 0.3) is 0 Å². The van der Waals surface area contributed by atoms with E-state index < -0.39 is 0 Å². The third-order valence-corrected chi connectivity index (χ3v) is 2.70. The number of rotatable bonds is 2. The lowest BCUT2D eigenvalue weighted by Crippen LogP contribution is -2.20. The zero-order chi connectivity index (χ0) is 5.91. The summed E-state index contributed by atoms with van der Waals surface area (Å²) in [6, 6.07) is 0. The molecule has 0 radical (unpaired) electrons. The number of alkyl halides is 1. The molecule has 0 amide bonds. The summed E-state index contributed by atoms with van der Waals surface area (Å²) in [7, 11) is 0. The van der Waals surface area contributed by atoms with Crippen LogP contribution in [0.2, 0.25) is 0 Å². The van der Waals surface area contributed by atoms with Crippen LogP contribution in [0.3, 0.4) is 0 Å². The highest BCUT2D eigenvalue weighted by Crippen LogP contribution is 2.16. The van der Waals surface area contributed by atoms with Crippen LogP contribution in [0.4, 0.5) is 0 Å². The molecule has 0 bridgehead atoms. The lowest BCUT2D eigenvalue weighted by Gasteiger charge is -2.14. The van der Waals surface area contributed by atoms with Crippen molar-refractivity contribution in [3.63, 3.8) is 0 Å². The van der Waals surface area contributed by atoms with Crippen molar-refractivity contribution in [3.8, 4) is 0 Å². The Morgan fingerprint density at radius 2 is 1.71 bits per heavy atom. The fourth-order valence-electron chi connectivity index (χ4n) is 0.0500. The maximum Gasteiger partial charge on any atom is 0.0593 e. The second-order valence-electron chi connectivity index (χ2n) is 1.73. The van der Waals surface area contributed by atoms with E-state index in [2.05, 4.69) is 25.3 Å². The summed E-state index contributed by atoms with van der Waals surface area (Å²) in [6.45, 7) is 1.91. The molecule has 0 saturated carbocycles. The van der Waals surface area contributed by atoms with Gasteiger partial charge in [-0.05, 0) is 6.92 Å². The van der Waals surface area contributed by atoms with Crippen molar-refractivity contribution < 1.29 is 0 Å². The lowest BCUT2D eigenvalue weighted by atomic mass is 10.2. The molecule has 7 heavy (non-hydrogen) atoms. The highest BCUT2D eigenvalue weighted by atomic mass is 35.5. The minimum Gasteiger partial charge on any atom is -0.178 e. The van der Waals surface area contributed by atoms with Crippen LogP contribution >= 0.6 is 36.9 Å². The fraction of sp³-hybridized carbons (Fsp3) is 1.00. The zero-order valence-corrected chi connectivity index (χ0v) is 6.73. The molecule has 0 rings (SSSR count). The first-order valence-corrected chi connectivity index (χ1v) is 3.67. The summed E-state index contributed by atoms with van der Waals surface area (Å²) in [5.74, 6) is 1.36. The first kappa shape index (κ1) is 7.99. The third kappa shape index (κ3) is 3.56. The number of hydrogen-bond donors (Lipinski definition) is 2. The number of hydrogen-bond acceptors (Lipinski definition) is 2. The van der Waals surface area contributed by atoms with Crippen LogP contribution in [-0.2, 0) is 0 Å². The topological polar surface area (TPSA) is 0 Å². The lowest BCUT2D eigenvalue weighted by molar-refractivity contribution is 0.820. The Labute approximate surface area is 60.4 Å². The first-order chi connectivity index (χ1) is 3.12. The molecule has 0 nitrogen and oxygen atoms in total. The molecule has 0 aromatic carbocycles. The van der Waals surface area contributed by atoms with Gasteiger partial charge in [0.2, 0.25) is 0 Å². The molecule has 0 aliphatic heterocycles. The van der Waals surface area contributed by atoms with Crippen molar-refractivity contribution in [1.29, 1.82) is 0 Å². The molecule has 0 aromatic rings. The largest absolute Gasteiger partial charge is 0.178 e. The fourth-order valence-corrected chi connectivity index (χ4v) is 0.450. The normalized spacial score (nSPS) is 12.0. The highest BCUT2D eigenvalue weighted by molar-refractivity contribution is 7.81. The molecule has 3 heteroatoms. The molecule has 0 aromatic heterocycles. The van der Waals surface area contributed by atoms with Crippen molar-refractivity contribution in [2.75, 3.05) is 11.5 Å². The molecule has 0 fully saturated rings. The number of halogens is 1. The Morgan fingerprint density at radius 1 is 1.43 bits per heavy atom. The SMILES string of the molecule is CC(Cl)(CS)CS. The van der Waals surface area contributed by atoms with E-state index in [9.17, 15) is 0 Å². The first-order valence-electron chi connectivity index (χ1n) is 2.03. The van der Waals surface area contributed by atoms with Crippen LogP contribution in [0.15, 0.2) is 0 Å². The van der Waals surface area contributed by atoms with Gasteiger partial charge in [0.15, 0.2) is 0 Å². The monoisotopic (exact) mass is 156 g/mol. The van der Waals surface area contributed by atoms with E-state index >= 15 is 0 Å². The number of thiol groups is 2. The van der Waals surface area contributed by atoms with E-state index in [0.717, 1.165) is 0 Å². The van der Waals surface area contributed by atoms with Crippen LogP contribution in [0.1, 0.15) is 6.92 Å². The molecule has 44 valence electrons. The molecule has 0 unspecified atom stereocenters. The average molecular weight is 157 g/mol. The zero-order valence-electron chi connectivity index (χ0n) is 4.19. The minimum atomic E-state index is -0.216. The van der Waals surface area contributed by atoms with Crippen molar-refractivity contribution in [1.82, 2.24) is 0 Å². The van der Waals surface area contributed by atoms with Gasteiger partial charge in [-0.2, -0.15) is 25.3 Å². The van der Waals surface area contributed by atoms with Gasteiger partial charge in [0, 0.05) is 11.5 Å². The van der Waals surface area contributed by atoms with Crippen molar-refractivity contribution in [2.45, 2.75) is 11.8 Å². The van der Waals surface area contributed by atoms with Gasteiger partial charge in [-0.25, -0.2) is 0 Å². The van der Waals surface area contributed by atoms with Gasteiger partial charge in [-0.1, -0.05) is 0 Å². The molecular formula is C4H9ClS2. The summed E-state index contributed by atoms with van der Waals surface area (Å²) >= 11 is 13.8. The van der Waals surface area contributed by atoms with Gasteiger partial charge in [-0.15, -0.1) is 11.6 Å². The Morgan fingerprint density at radius 3 is 1.71 bits per heavy atom. The van der Waals surface area contributed by atoms with Crippen LogP contribution in [-0.4, -0.2) is 16.4 Å². The molecule has 0 atom stereocenters. The molecule has 0 aliphatic carbocycles. The summed E-state index contributed by atoms with van der Waals surface area (Å²) in [6.07, 6.45) is 0. The van der Waals surface area contributed by atoms with Crippen LogP contribution in [0.5, 0.6) is 0 Å². The van der Waals surface area contributed by atoms with Gasteiger partial charge < -0.3 is 0 Å². The van der Waals surface area contributed by atoms with E-state index in [4.69, 9.17) is 11.6 Å². The quantitative estimate of drug-likeness (QED) is 0.443. The smallest absolute Gasteiger partial charge is 0.0593 e. The predicted octanol–water partition coefficient (Wildman–Crippen LogP) is 1.84. The summed E-state index contributed by atoms with van der Waals surface area (Å²) in [5, 5.41) is 0. The van der Waals surface area contributed by atoms with E-state index in [1.165, 1.54) is 0 Å². The van der Waals surface area contributed by atoms with E-state index in [-0.39, 0.29) is 4.87 Å². The minimum absolute atomic E-state index is 0.216. The molecule has 0 saturated heterocycles. The van der Waals surface area contributed by atoms with Gasteiger partial charge in [0.05, 0.1) is 4.87 Å². The van der Waals surface area contributed by atoms with E-state index in [1.54, 1.807) is 0 Å². The van der Waals surface area contributed by atoms with Crippen LogP contribution in [0.25, 0.3) is 0 Å². The van der Waals surface area contributed by atoms with Crippen molar-refractivity contribution in [3.05, 3.63) is 0 Å². The molecular weight excluding hydrogens is 148 g/mol. The summed E-state index contributed by atoms with van der Waals surface area (Å²) in [5.41, 5.74) is 0. The maximum atomic E-state index is 5.75. The average Bonchev–Trinajstić information content (AvgIpc) is 1.68. The van der Waals surface area contributed by atoms with Gasteiger partial charge >= 0.3 is 0 Å². The van der Waals surface area contributed by atoms with Crippen molar-refractivity contribution in [2.24, 2.45) is 0 Å². The third-order valence-electron chi connectivity index (χ3n) is 0.659. The van der Waals surface area contributed by atoms with Crippen LogP contribution < -0.4 is 0 Å². The Bertz CT molecular complexity index is 47.7. The van der Waals surface area contributed by atoms with E-state index in [0.29, 0.717) is 11.5 Å². The highest BCUT2D eigenvalue weighted by Gasteiger charge is 2.14. The summed E-state index contributed by atoms with van der Waals surface area (Å²) < 4.78 is 0. The summed E-state index contributed by atoms with van der Waals surface area (Å²) in [4.78, 5) is -0.216. The Balaban J connectivity index is 3.36.